The molecule has 3 nitrogen and oxygen atoms in total. The lowest BCUT2D eigenvalue weighted by molar-refractivity contribution is -0.139. The highest BCUT2D eigenvalue weighted by atomic mass is 79.9. The molecule has 0 aromatic heterocycles. The van der Waals surface area contributed by atoms with E-state index in [1.807, 2.05) is 6.07 Å². The van der Waals surface area contributed by atoms with E-state index in [1.165, 1.54) is 0 Å². The van der Waals surface area contributed by atoms with E-state index in [-0.39, 0.29) is 6.61 Å². The number of rotatable bonds is 3. The minimum atomic E-state index is -0.994. The van der Waals surface area contributed by atoms with E-state index in [0.717, 1.165) is 8.95 Å². The highest BCUT2D eigenvalue weighted by molar-refractivity contribution is 9.11. The monoisotopic (exact) mass is 308 g/mol. The Balaban J connectivity index is 2.75. The van der Waals surface area contributed by atoms with Crippen molar-refractivity contribution in [2.24, 2.45) is 0 Å². The van der Waals surface area contributed by atoms with Gasteiger partial charge in [-0.15, -0.1) is 0 Å². The van der Waals surface area contributed by atoms with E-state index >= 15 is 0 Å². The maximum absolute atomic E-state index is 10.2. The van der Waals surface area contributed by atoms with Crippen molar-refractivity contribution in [1.29, 1.82) is 0 Å². The molecule has 0 aliphatic carbocycles. The topological polar surface area (TPSA) is 46.5 Å². The van der Waals surface area contributed by atoms with Crippen LogP contribution in [0.3, 0.4) is 0 Å². The first kappa shape index (κ1) is 10.5. The van der Waals surface area contributed by atoms with E-state index in [2.05, 4.69) is 31.9 Å². The van der Waals surface area contributed by atoms with Crippen LogP contribution in [-0.4, -0.2) is 17.7 Å². The van der Waals surface area contributed by atoms with Crippen LogP contribution in [0.25, 0.3) is 0 Å². The van der Waals surface area contributed by atoms with Gasteiger partial charge in [-0.3, -0.25) is 0 Å². The van der Waals surface area contributed by atoms with E-state index in [9.17, 15) is 4.79 Å². The van der Waals surface area contributed by atoms with Gasteiger partial charge in [0.2, 0.25) is 0 Å². The zero-order valence-electron chi connectivity index (χ0n) is 6.46. The first-order chi connectivity index (χ1) is 6.09. The summed E-state index contributed by atoms with van der Waals surface area (Å²) in [6.45, 7) is -0.338. The van der Waals surface area contributed by atoms with Crippen molar-refractivity contribution in [3.63, 3.8) is 0 Å². The van der Waals surface area contributed by atoms with Crippen LogP contribution in [0.1, 0.15) is 0 Å². The van der Waals surface area contributed by atoms with Crippen molar-refractivity contribution >= 4 is 37.8 Å². The van der Waals surface area contributed by atoms with E-state index in [4.69, 9.17) is 9.84 Å². The van der Waals surface area contributed by atoms with Gasteiger partial charge < -0.3 is 9.84 Å². The summed E-state index contributed by atoms with van der Waals surface area (Å²) in [7, 11) is 0. The Labute approximate surface area is 92.0 Å². The number of carboxylic acids is 1. The van der Waals surface area contributed by atoms with Gasteiger partial charge in [0.15, 0.2) is 6.61 Å². The Morgan fingerprint density at radius 2 is 2.15 bits per heavy atom. The van der Waals surface area contributed by atoms with Crippen molar-refractivity contribution in [3.05, 3.63) is 27.1 Å². The molecule has 0 atom stereocenters. The van der Waals surface area contributed by atoms with E-state index < -0.39 is 5.97 Å². The fraction of sp³-hybridized carbons (Fsp3) is 0.125. The van der Waals surface area contributed by atoms with Gasteiger partial charge >= 0.3 is 5.97 Å². The molecule has 0 heterocycles. The molecular weight excluding hydrogens is 304 g/mol. The lowest BCUT2D eigenvalue weighted by atomic mass is 10.3. The number of hydrogen-bond acceptors (Lipinski definition) is 2. The summed E-state index contributed by atoms with van der Waals surface area (Å²) in [6, 6.07) is 5.31. The molecule has 0 aliphatic rings. The summed E-state index contributed by atoms with van der Waals surface area (Å²) in [5.41, 5.74) is 0. The molecule has 0 saturated carbocycles. The van der Waals surface area contributed by atoms with Crippen molar-refractivity contribution in [2.45, 2.75) is 0 Å². The Bertz CT molecular complexity index is 325. The Kier molecular flexibility index (Phi) is 3.74. The van der Waals surface area contributed by atoms with Crippen LogP contribution in [0, 0.1) is 0 Å². The first-order valence-electron chi connectivity index (χ1n) is 3.39. The molecule has 0 saturated heterocycles. The quantitative estimate of drug-likeness (QED) is 0.934. The Hall–Kier alpha value is -0.550. The fourth-order valence-electron chi connectivity index (χ4n) is 0.727. The SMILES string of the molecule is O=C(O)COc1cc(Br)ccc1Br. The Morgan fingerprint density at radius 3 is 2.77 bits per heavy atom. The van der Waals surface area contributed by atoms with Crippen LogP contribution in [0.4, 0.5) is 0 Å². The molecule has 70 valence electrons. The molecule has 0 unspecified atom stereocenters. The summed E-state index contributed by atoms with van der Waals surface area (Å²) in [5, 5.41) is 8.38. The van der Waals surface area contributed by atoms with Crippen LogP contribution < -0.4 is 4.74 Å². The molecule has 5 heteroatoms. The normalized spacial score (nSPS) is 9.69. The highest BCUT2D eigenvalue weighted by Crippen LogP contribution is 2.28. The molecule has 1 aromatic carbocycles. The Morgan fingerprint density at radius 1 is 1.46 bits per heavy atom. The predicted octanol–water partition coefficient (Wildman–Crippen LogP) is 2.68. The van der Waals surface area contributed by atoms with Gasteiger partial charge in [-0.1, -0.05) is 15.9 Å². The van der Waals surface area contributed by atoms with E-state index in [1.54, 1.807) is 12.1 Å². The number of ether oxygens (including phenoxy) is 1. The molecule has 0 radical (unpaired) electrons. The third-order valence-corrected chi connectivity index (χ3v) is 2.39. The second-order valence-electron chi connectivity index (χ2n) is 2.26. The molecular formula is C8H6Br2O3. The lowest BCUT2D eigenvalue weighted by Crippen LogP contribution is -2.09. The molecule has 0 aliphatic heterocycles. The third kappa shape index (κ3) is 3.36. The largest absolute Gasteiger partial charge is 0.481 e. The second kappa shape index (κ2) is 4.62. The summed E-state index contributed by atoms with van der Waals surface area (Å²) in [4.78, 5) is 10.2. The smallest absolute Gasteiger partial charge is 0.341 e. The molecule has 13 heavy (non-hydrogen) atoms. The van der Waals surface area contributed by atoms with Crippen LogP contribution in [0.15, 0.2) is 27.1 Å². The van der Waals surface area contributed by atoms with E-state index in [0.29, 0.717) is 5.75 Å². The van der Waals surface area contributed by atoms with Crippen molar-refractivity contribution in [3.8, 4) is 5.75 Å². The average molecular weight is 310 g/mol. The lowest BCUT2D eigenvalue weighted by Gasteiger charge is -2.05. The first-order valence-corrected chi connectivity index (χ1v) is 4.98. The number of aliphatic carboxylic acids is 1. The molecule has 1 rings (SSSR count). The molecule has 0 fully saturated rings. The molecule has 0 spiro atoms. The zero-order chi connectivity index (χ0) is 9.84. The van der Waals surface area contributed by atoms with Crippen LogP contribution >= 0.6 is 31.9 Å². The average Bonchev–Trinajstić information content (AvgIpc) is 2.06. The molecule has 0 bridgehead atoms. The van der Waals surface area contributed by atoms with Gasteiger partial charge in [0.1, 0.15) is 5.75 Å². The van der Waals surface area contributed by atoms with Gasteiger partial charge in [-0.25, -0.2) is 4.79 Å². The van der Waals surface area contributed by atoms with Crippen molar-refractivity contribution in [1.82, 2.24) is 0 Å². The third-order valence-electron chi connectivity index (χ3n) is 1.24. The van der Waals surface area contributed by atoms with Crippen molar-refractivity contribution < 1.29 is 14.6 Å². The van der Waals surface area contributed by atoms with Crippen molar-refractivity contribution in [2.75, 3.05) is 6.61 Å². The number of halogens is 2. The minimum absolute atomic E-state index is 0.338. The summed E-state index contributed by atoms with van der Waals surface area (Å²) in [6.07, 6.45) is 0. The fourth-order valence-corrected chi connectivity index (χ4v) is 1.43. The van der Waals surface area contributed by atoms with Gasteiger partial charge in [-0.2, -0.15) is 0 Å². The summed E-state index contributed by atoms with van der Waals surface area (Å²) in [5.74, 6) is -0.483. The van der Waals surface area contributed by atoms with Gasteiger partial charge in [0, 0.05) is 4.47 Å². The summed E-state index contributed by atoms with van der Waals surface area (Å²) >= 11 is 6.50. The van der Waals surface area contributed by atoms with Crippen LogP contribution in [0.2, 0.25) is 0 Å². The number of carboxylic acid groups (broad SMARTS) is 1. The zero-order valence-corrected chi connectivity index (χ0v) is 9.63. The second-order valence-corrected chi connectivity index (χ2v) is 4.03. The van der Waals surface area contributed by atoms with Gasteiger partial charge in [0.25, 0.3) is 0 Å². The molecule has 1 N–H and O–H groups in total. The maximum Gasteiger partial charge on any atom is 0.341 e. The van der Waals surface area contributed by atoms with Crippen LogP contribution in [-0.2, 0) is 4.79 Å². The van der Waals surface area contributed by atoms with Crippen LogP contribution in [0.5, 0.6) is 5.75 Å². The number of hydrogen-bond donors (Lipinski definition) is 1. The highest BCUT2D eigenvalue weighted by Gasteiger charge is 2.03. The standard InChI is InChI=1S/C8H6Br2O3/c9-5-1-2-6(10)7(3-5)13-4-8(11)12/h1-3H,4H2,(H,11,12). The van der Waals surface area contributed by atoms with Gasteiger partial charge in [-0.05, 0) is 34.1 Å². The van der Waals surface area contributed by atoms with Gasteiger partial charge in [0.05, 0.1) is 4.47 Å². The molecule has 1 aromatic rings. The number of carbonyl (C=O) groups is 1. The minimum Gasteiger partial charge on any atom is -0.481 e. The maximum atomic E-state index is 10.2. The number of benzene rings is 1. The molecule has 0 amide bonds. The summed E-state index contributed by atoms with van der Waals surface area (Å²) < 4.78 is 6.58. The predicted molar refractivity (Wildman–Crippen MR) is 55.0 cm³/mol.